The molecule has 0 aliphatic carbocycles. The zero-order chi connectivity index (χ0) is 13.5. The summed E-state index contributed by atoms with van der Waals surface area (Å²) in [5, 5.41) is 3.00. The fourth-order valence-corrected chi connectivity index (χ4v) is 1.58. The first-order valence-electron chi connectivity index (χ1n) is 5.70. The zero-order valence-corrected chi connectivity index (χ0v) is 11.6. The fourth-order valence-electron chi connectivity index (χ4n) is 1.38. The molecule has 19 heavy (non-hydrogen) atoms. The van der Waals surface area contributed by atoms with Crippen LogP contribution in [-0.2, 0) is 4.79 Å². The quantitative estimate of drug-likeness (QED) is 0.527. The van der Waals surface area contributed by atoms with Gasteiger partial charge in [-0.05, 0) is 40.2 Å². The number of carbonyl (C=O) groups is 1. The van der Waals surface area contributed by atoms with E-state index in [-0.39, 0.29) is 0 Å². The lowest BCUT2D eigenvalue weighted by molar-refractivity contribution is -0.129. The highest BCUT2D eigenvalue weighted by Crippen LogP contribution is 2.14. The summed E-state index contributed by atoms with van der Waals surface area (Å²) < 4.78 is 5.49. The molecule has 2 rings (SSSR count). The van der Waals surface area contributed by atoms with E-state index in [2.05, 4.69) is 21.2 Å². The Bertz CT molecular complexity index is 567. The lowest BCUT2D eigenvalue weighted by Gasteiger charge is -2.04. The predicted octanol–water partition coefficient (Wildman–Crippen LogP) is 3.94. The van der Waals surface area contributed by atoms with E-state index in [9.17, 15) is 4.79 Å². The molecule has 0 aromatic heterocycles. The Morgan fingerprint density at radius 3 is 2.21 bits per heavy atom. The molecule has 0 unspecified atom stereocenters. The average molecular weight is 318 g/mol. The molecule has 0 aliphatic rings. The Morgan fingerprint density at radius 1 is 1.00 bits per heavy atom. The number of hydrogen-bond donors (Lipinski definition) is 1. The van der Waals surface area contributed by atoms with E-state index in [0.717, 1.165) is 5.69 Å². The normalized spacial score (nSPS) is 10.9. The van der Waals surface area contributed by atoms with Crippen LogP contribution in [0, 0.1) is 0 Å². The van der Waals surface area contributed by atoms with E-state index in [1.54, 1.807) is 18.3 Å². The van der Waals surface area contributed by atoms with Crippen LogP contribution in [0.3, 0.4) is 0 Å². The first-order chi connectivity index (χ1) is 9.25. The predicted molar refractivity (Wildman–Crippen MR) is 79.2 cm³/mol. The number of para-hydroxylation sites is 2. The van der Waals surface area contributed by atoms with Crippen molar-refractivity contribution in [3.63, 3.8) is 0 Å². The lowest BCUT2D eigenvalue weighted by Crippen LogP contribution is -2.08. The molecule has 0 spiro atoms. The van der Waals surface area contributed by atoms with Crippen molar-refractivity contribution in [1.82, 2.24) is 0 Å². The molecule has 0 fully saturated rings. The molecule has 0 saturated carbocycles. The van der Waals surface area contributed by atoms with Crippen molar-refractivity contribution >= 4 is 27.6 Å². The summed E-state index contributed by atoms with van der Waals surface area (Å²) in [5.41, 5.74) is 0.895. The smallest absolute Gasteiger partial charge is 0.352 e. The molecule has 0 atom stereocenters. The van der Waals surface area contributed by atoms with Gasteiger partial charge in [0.1, 0.15) is 10.2 Å². The van der Waals surface area contributed by atoms with Gasteiger partial charge in [0.15, 0.2) is 0 Å². The van der Waals surface area contributed by atoms with Crippen LogP contribution in [-0.4, -0.2) is 5.97 Å². The second kappa shape index (κ2) is 6.75. The van der Waals surface area contributed by atoms with Crippen molar-refractivity contribution in [3.05, 3.63) is 71.3 Å². The maximum absolute atomic E-state index is 11.8. The minimum absolute atomic E-state index is 0.320. The minimum Gasteiger partial charge on any atom is -0.423 e. The van der Waals surface area contributed by atoms with Crippen molar-refractivity contribution in [2.45, 2.75) is 0 Å². The second-order valence-corrected chi connectivity index (χ2v) is 4.56. The topological polar surface area (TPSA) is 38.3 Å². The number of anilines is 1. The number of carbonyl (C=O) groups excluding carboxylic acids is 1. The Labute approximate surface area is 120 Å². The molecule has 3 nitrogen and oxygen atoms in total. The zero-order valence-electron chi connectivity index (χ0n) is 10.0. The van der Waals surface area contributed by atoms with Crippen LogP contribution in [0.15, 0.2) is 71.3 Å². The highest BCUT2D eigenvalue weighted by Gasteiger charge is 2.08. The molecule has 0 radical (unpaired) electrons. The number of benzene rings is 2. The van der Waals surface area contributed by atoms with Gasteiger partial charge in [-0.25, -0.2) is 4.79 Å². The maximum atomic E-state index is 11.8. The van der Waals surface area contributed by atoms with Crippen LogP contribution >= 0.6 is 15.9 Å². The van der Waals surface area contributed by atoms with Crippen LogP contribution in [0.1, 0.15) is 0 Å². The summed E-state index contributed by atoms with van der Waals surface area (Å²) in [7, 11) is 0. The molecule has 0 amide bonds. The number of esters is 1. The average Bonchev–Trinajstić information content (AvgIpc) is 2.47. The molecule has 2 aromatic rings. The first kappa shape index (κ1) is 13.4. The highest BCUT2D eigenvalue weighted by atomic mass is 79.9. The SMILES string of the molecule is O=C(Oc1ccccc1)/C(Br)=C/Nc1ccccc1. The van der Waals surface area contributed by atoms with Crippen molar-refractivity contribution in [2.24, 2.45) is 0 Å². The van der Waals surface area contributed by atoms with Crippen molar-refractivity contribution < 1.29 is 9.53 Å². The number of halogens is 1. The minimum atomic E-state index is -0.449. The molecular weight excluding hydrogens is 306 g/mol. The van der Waals surface area contributed by atoms with Gasteiger partial charge in [-0.3, -0.25) is 0 Å². The number of rotatable bonds is 4. The standard InChI is InChI=1S/C15H12BrNO2/c16-14(11-17-12-7-3-1-4-8-12)15(18)19-13-9-5-2-6-10-13/h1-11,17H/b14-11-. The van der Waals surface area contributed by atoms with E-state index in [1.807, 2.05) is 48.5 Å². The Morgan fingerprint density at radius 2 is 1.58 bits per heavy atom. The molecule has 4 heteroatoms. The summed E-state index contributed by atoms with van der Waals surface area (Å²) in [4.78, 5) is 11.8. The molecule has 0 heterocycles. The van der Waals surface area contributed by atoms with Gasteiger partial charge in [0, 0.05) is 11.9 Å². The van der Waals surface area contributed by atoms with Gasteiger partial charge in [-0.15, -0.1) is 0 Å². The molecule has 2 aromatic carbocycles. The summed E-state index contributed by atoms with van der Waals surface area (Å²) >= 11 is 3.18. The van der Waals surface area contributed by atoms with Gasteiger partial charge >= 0.3 is 5.97 Å². The third-order valence-corrected chi connectivity index (χ3v) is 2.84. The van der Waals surface area contributed by atoms with Crippen LogP contribution in [0.2, 0.25) is 0 Å². The maximum Gasteiger partial charge on any atom is 0.352 e. The first-order valence-corrected chi connectivity index (χ1v) is 6.49. The Balaban J connectivity index is 1.95. The third-order valence-electron chi connectivity index (χ3n) is 2.29. The van der Waals surface area contributed by atoms with Crippen LogP contribution in [0.4, 0.5) is 5.69 Å². The molecule has 0 bridgehead atoms. The molecule has 96 valence electrons. The summed E-state index contributed by atoms with van der Waals surface area (Å²) in [6.07, 6.45) is 1.56. The van der Waals surface area contributed by atoms with E-state index in [1.165, 1.54) is 0 Å². The van der Waals surface area contributed by atoms with Crippen molar-refractivity contribution in [2.75, 3.05) is 5.32 Å². The second-order valence-electron chi connectivity index (χ2n) is 3.71. The number of hydrogen-bond acceptors (Lipinski definition) is 3. The molecule has 1 N–H and O–H groups in total. The summed E-state index contributed by atoms with van der Waals surface area (Å²) in [6.45, 7) is 0. The molecule has 0 saturated heterocycles. The van der Waals surface area contributed by atoms with Gasteiger partial charge in [0.25, 0.3) is 0 Å². The van der Waals surface area contributed by atoms with E-state index >= 15 is 0 Å². The van der Waals surface area contributed by atoms with Crippen molar-refractivity contribution in [3.8, 4) is 5.75 Å². The largest absolute Gasteiger partial charge is 0.423 e. The Hall–Kier alpha value is -2.07. The summed E-state index contributed by atoms with van der Waals surface area (Å²) in [6, 6.07) is 18.5. The number of nitrogens with one attached hydrogen (secondary N) is 1. The highest BCUT2D eigenvalue weighted by molar-refractivity contribution is 9.12. The fraction of sp³-hybridized carbons (Fsp3) is 0. The number of ether oxygens (including phenoxy) is 1. The van der Waals surface area contributed by atoms with Gasteiger partial charge < -0.3 is 10.1 Å². The molecule has 0 aliphatic heterocycles. The lowest BCUT2D eigenvalue weighted by atomic mass is 10.3. The monoisotopic (exact) mass is 317 g/mol. The van der Waals surface area contributed by atoms with E-state index in [0.29, 0.717) is 10.2 Å². The van der Waals surface area contributed by atoms with Crippen LogP contribution < -0.4 is 10.1 Å². The van der Waals surface area contributed by atoms with E-state index in [4.69, 9.17) is 4.74 Å². The van der Waals surface area contributed by atoms with Gasteiger partial charge in [-0.1, -0.05) is 36.4 Å². The molecular formula is C15H12BrNO2. The third kappa shape index (κ3) is 4.26. The summed E-state index contributed by atoms with van der Waals surface area (Å²) in [5.74, 6) is 0.0622. The van der Waals surface area contributed by atoms with E-state index < -0.39 is 5.97 Å². The van der Waals surface area contributed by atoms with Gasteiger partial charge in [0.2, 0.25) is 0 Å². The Kier molecular flexibility index (Phi) is 4.75. The van der Waals surface area contributed by atoms with Crippen LogP contribution in [0.25, 0.3) is 0 Å². The van der Waals surface area contributed by atoms with Crippen LogP contribution in [0.5, 0.6) is 5.75 Å². The van der Waals surface area contributed by atoms with Gasteiger partial charge in [-0.2, -0.15) is 0 Å². The van der Waals surface area contributed by atoms with Gasteiger partial charge in [0.05, 0.1) is 0 Å². The van der Waals surface area contributed by atoms with Crippen molar-refractivity contribution in [1.29, 1.82) is 0 Å².